The van der Waals surface area contributed by atoms with Crippen molar-refractivity contribution in [2.45, 2.75) is 90.3 Å². The van der Waals surface area contributed by atoms with Crippen LogP contribution in [0.5, 0.6) is 0 Å². The summed E-state index contributed by atoms with van der Waals surface area (Å²) < 4.78 is 13.0. The van der Waals surface area contributed by atoms with Crippen LogP contribution in [0.4, 0.5) is 0 Å². The molecule has 0 radical (unpaired) electrons. The van der Waals surface area contributed by atoms with E-state index in [2.05, 4.69) is 73.8 Å². The lowest BCUT2D eigenvalue weighted by molar-refractivity contribution is 0.0747. The molecule has 0 saturated heterocycles. The highest BCUT2D eigenvalue weighted by atomic mass is 28.4. The monoisotopic (exact) mass is 372 g/mol. The van der Waals surface area contributed by atoms with Crippen LogP contribution in [0.3, 0.4) is 0 Å². The summed E-state index contributed by atoms with van der Waals surface area (Å²) in [6.45, 7) is 24.0. The van der Waals surface area contributed by atoms with E-state index in [1.807, 2.05) is 6.08 Å². The number of hydrogen-bond acceptors (Lipinski definition) is 3. The highest BCUT2D eigenvalue weighted by molar-refractivity contribution is 6.74. The van der Waals surface area contributed by atoms with Gasteiger partial charge in [0.2, 0.25) is 0 Å². The average molecular weight is 373 g/mol. The molecule has 1 atom stereocenters. The van der Waals surface area contributed by atoms with E-state index in [0.717, 1.165) is 0 Å². The standard InChI is InChI=1S/C19H40O3Si2/c1-17(2,3)23(7,8)21-14-19(12-11-16(20)13-19)15-22-24(9,10)18(4,5)6/h11-12,16,20H,13-15H2,1-10H3/t16-/m0/s1. The van der Waals surface area contributed by atoms with Gasteiger partial charge in [-0.3, -0.25) is 0 Å². The molecule has 1 aliphatic rings. The lowest BCUT2D eigenvalue weighted by Crippen LogP contribution is -2.47. The Hall–Kier alpha value is 0.0538. The first kappa shape index (κ1) is 22.1. The first-order chi connectivity index (χ1) is 10.5. The SMILES string of the molecule is CC(C)(C)[Si](C)(C)OCC1(CO[Si](C)(C)C(C)(C)C)C=C[C@H](O)C1. The first-order valence-corrected chi connectivity index (χ1v) is 15.0. The number of rotatable bonds is 6. The topological polar surface area (TPSA) is 38.7 Å². The highest BCUT2D eigenvalue weighted by Gasteiger charge is 2.44. The molecule has 0 unspecified atom stereocenters. The lowest BCUT2D eigenvalue weighted by Gasteiger charge is -2.42. The van der Waals surface area contributed by atoms with Crippen molar-refractivity contribution in [3.05, 3.63) is 12.2 Å². The predicted octanol–water partition coefficient (Wildman–Crippen LogP) is 5.34. The van der Waals surface area contributed by atoms with Crippen molar-refractivity contribution < 1.29 is 14.0 Å². The molecule has 1 aliphatic carbocycles. The molecule has 0 fully saturated rings. The van der Waals surface area contributed by atoms with Crippen LogP contribution >= 0.6 is 0 Å². The van der Waals surface area contributed by atoms with Gasteiger partial charge in [-0.25, -0.2) is 0 Å². The summed E-state index contributed by atoms with van der Waals surface area (Å²) in [5.74, 6) is 0. The van der Waals surface area contributed by atoms with Gasteiger partial charge >= 0.3 is 0 Å². The van der Waals surface area contributed by atoms with E-state index < -0.39 is 16.6 Å². The Bertz CT molecular complexity index is 426. The lowest BCUT2D eigenvalue weighted by atomic mass is 9.89. The molecule has 0 heterocycles. The van der Waals surface area contributed by atoms with Gasteiger partial charge in [-0.2, -0.15) is 0 Å². The fourth-order valence-electron chi connectivity index (χ4n) is 2.20. The molecule has 1 rings (SSSR count). The van der Waals surface area contributed by atoms with E-state index in [0.29, 0.717) is 19.6 Å². The van der Waals surface area contributed by atoms with Crippen molar-refractivity contribution in [1.82, 2.24) is 0 Å². The van der Waals surface area contributed by atoms with E-state index in [-0.39, 0.29) is 21.6 Å². The summed E-state index contributed by atoms with van der Waals surface area (Å²) in [4.78, 5) is 0. The maximum absolute atomic E-state index is 10.1. The molecule has 0 aromatic carbocycles. The molecule has 0 bridgehead atoms. The highest BCUT2D eigenvalue weighted by Crippen LogP contribution is 2.42. The van der Waals surface area contributed by atoms with E-state index in [1.165, 1.54) is 0 Å². The molecule has 0 aliphatic heterocycles. The van der Waals surface area contributed by atoms with Crippen LogP contribution in [0.15, 0.2) is 12.2 Å². The molecule has 0 saturated carbocycles. The molecule has 142 valence electrons. The molecule has 5 heteroatoms. The van der Waals surface area contributed by atoms with E-state index in [9.17, 15) is 5.11 Å². The largest absolute Gasteiger partial charge is 0.416 e. The maximum Gasteiger partial charge on any atom is 0.192 e. The number of aliphatic hydroxyl groups is 1. The summed E-state index contributed by atoms with van der Waals surface area (Å²) in [5.41, 5.74) is -0.190. The molecule has 3 nitrogen and oxygen atoms in total. The number of aliphatic hydroxyl groups excluding tert-OH is 1. The quantitative estimate of drug-likeness (QED) is 0.505. The minimum Gasteiger partial charge on any atom is -0.416 e. The van der Waals surface area contributed by atoms with Gasteiger partial charge in [0, 0.05) is 18.6 Å². The van der Waals surface area contributed by atoms with Gasteiger partial charge in [0.05, 0.1) is 6.10 Å². The third-order valence-corrected chi connectivity index (χ3v) is 15.3. The summed E-state index contributed by atoms with van der Waals surface area (Å²) >= 11 is 0. The minimum absolute atomic E-state index is 0.190. The molecule has 0 aromatic rings. The zero-order valence-electron chi connectivity index (χ0n) is 17.6. The minimum atomic E-state index is -1.81. The fourth-order valence-corrected chi connectivity index (χ4v) is 4.37. The molecule has 1 N–H and O–H groups in total. The van der Waals surface area contributed by atoms with E-state index >= 15 is 0 Å². The van der Waals surface area contributed by atoms with Crippen molar-refractivity contribution in [2.75, 3.05) is 13.2 Å². The molecule has 24 heavy (non-hydrogen) atoms. The van der Waals surface area contributed by atoms with Crippen LogP contribution in [0.1, 0.15) is 48.0 Å². The second-order valence-corrected chi connectivity index (χ2v) is 20.2. The first-order valence-electron chi connectivity index (χ1n) is 9.17. The number of hydrogen-bond donors (Lipinski definition) is 1. The average Bonchev–Trinajstić information content (AvgIpc) is 2.74. The summed E-state index contributed by atoms with van der Waals surface area (Å²) in [7, 11) is -3.63. The van der Waals surface area contributed by atoms with Crippen LogP contribution in [0, 0.1) is 5.41 Å². The Balaban J connectivity index is 2.85. The third-order valence-electron chi connectivity index (χ3n) is 6.34. The van der Waals surface area contributed by atoms with E-state index in [1.54, 1.807) is 0 Å². The smallest absolute Gasteiger partial charge is 0.192 e. The van der Waals surface area contributed by atoms with Crippen LogP contribution in [0.2, 0.25) is 36.3 Å². The Labute approximate surface area is 152 Å². The molecular weight excluding hydrogens is 332 g/mol. The second-order valence-electron chi connectivity index (χ2n) is 10.6. The molecule has 0 spiro atoms. The summed E-state index contributed by atoms with van der Waals surface area (Å²) in [6, 6.07) is 0. The Morgan fingerprint density at radius 3 is 1.54 bits per heavy atom. The van der Waals surface area contributed by atoms with Crippen molar-refractivity contribution in [1.29, 1.82) is 0 Å². The van der Waals surface area contributed by atoms with Crippen molar-refractivity contribution in [3.63, 3.8) is 0 Å². The van der Waals surface area contributed by atoms with Gasteiger partial charge in [0.15, 0.2) is 16.6 Å². The molecule has 0 amide bonds. The van der Waals surface area contributed by atoms with Crippen LogP contribution in [0.25, 0.3) is 0 Å². The Morgan fingerprint density at radius 1 is 0.917 bits per heavy atom. The van der Waals surface area contributed by atoms with Crippen molar-refractivity contribution >= 4 is 16.6 Å². The fraction of sp³-hybridized carbons (Fsp3) is 0.895. The third kappa shape index (κ3) is 5.27. The molecule has 0 aromatic heterocycles. The molecular formula is C19H40O3Si2. The summed E-state index contributed by atoms with van der Waals surface area (Å²) in [5, 5.41) is 10.4. The van der Waals surface area contributed by atoms with Crippen molar-refractivity contribution in [3.8, 4) is 0 Å². The Morgan fingerprint density at radius 2 is 1.29 bits per heavy atom. The zero-order chi connectivity index (χ0) is 19.0. The van der Waals surface area contributed by atoms with E-state index in [4.69, 9.17) is 8.85 Å². The van der Waals surface area contributed by atoms with Gasteiger partial charge in [-0.1, -0.05) is 53.7 Å². The van der Waals surface area contributed by atoms with Gasteiger partial charge < -0.3 is 14.0 Å². The maximum atomic E-state index is 10.1. The predicted molar refractivity (Wildman–Crippen MR) is 108 cm³/mol. The normalized spacial score (nSPS) is 22.2. The van der Waals surface area contributed by atoms with Crippen LogP contribution < -0.4 is 0 Å². The van der Waals surface area contributed by atoms with Gasteiger partial charge in [0.25, 0.3) is 0 Å². The van der Waals surface area contributed by atoms with Gasteiger partial charge in [-0.05, 0) is 42.7 Å². The van der Waals surface area contributed by atoms with Crippen molar-refractivity contribution in [2.24, 2.45) is 5.41 Å². The summed E-state index contributed by atoms with van der Waals surface area (Å²) in [6.07, 6.45) is 4.37. The van der Waals surface area contributed by atoms with Crippen LogP contribution in [-0.2, 0) is 8.85 Å². The van der Waals surface area contributed by atoms with Gasteiger partial charge in [-0.15, -0.1) is 0 Å². The van der Waals surface area contributed by atoms with Gasteiger partial charge in [0.1, 0.15) is 0 Å². The van der Waals surface area contributed by atoms with Crippen LogP contribution in [-0.4, -0.2) is 41.1 Å². The second kappa shape index (κ2) is 6.99. The Kier molecular flexibility index (Phi) is 6.43. The zero-order valence-corrected chi connectivity index (χ0v) is 19.6.